The Balaban J connectivity index is 1.57. The Bertz CT molecular complexity index is 1140. The Labute approximate surface area is 183 Å². The van der Waals surface area contributed by atoms with Crippen LogP contribution in [0.15, 0.2) is 42.7 Å². The fourth-order valence-corrected chi connectivity index (χ4v) is 3.59. The number of piperidine rings is 1. The van der Waals surface area contributed by atoms with Crippen molar-refractivity contribution in [2.45, 2.75) is 25.9 Å². The molecule has 0 aliphatic carbocycles. The Morgan fingerprint density at radius 1 is 1.12 bits per heavy atom. The minimum Gasteiger partial charge on any atom is -0.493 e. The van der Waals surface area contributed by atoms with Crippen molar-refractivity contribution in [3.8, 4) is 23.1 Å². The lowest BCUT2D eigenvalue weighted by Gasteiger charge is -2.31. The quantitative estimate of drug-likeness (QED) is 0.422. The third-order valence-corrected chi connectivity index (χ3v) is 5.33. The van der Waals surface area contributed by atoms with Crippen LogP contribution in [-0.4, -0.2) is 52.0 Å². The summed E-state index contributed by atoms with van der Waals surface area (Å²) in [5, 5.41) is 11.4. The zero-order chi connectivity index (χ0) is 22.7. The van der Waals surface area contributed by atoms with E-state index < -0.39 is 4.92 Å². The SMILES string of the molecule is COc1cc2c(Oc3ccc([N+](=O)[O-])cc3)ncnc2cc1OC1CCN(C(C)=O)CC1. The molecule has 0 atom stereocenters. The van der Waals surface area contributed by atoms with E-state index in [0.717, 1.165) is 12.8 Å². The first-order chi connectivity index (χ1) is 15.4. The minimum atomic E-state index is -0.472. The summed E-state index contributed by atoms with van der Waals surface area (Å²) in [6.07, 6.45) is 2.82. The molecule has 0 unspecified atom stereocenters. The molecule has 1 amide bonds. The van der Waals surface area contributed by atoms with Crippen LogP contribution in [0.3, 0.4) is 0 Å². The summed E-state index contributed by atoms with van der Waals surface area (Å²) in [5.41, 5.74) is 0.580. The smallest absolute Gasteiger partial charge is 0.269 e. The zero-order valence-corrected chi connectivity index (χ0v) is 17.7. The summed E-state index contributed by atoms with van der Waals surface area (Å²) in [4.78, 5) is 32.2. The molecule has 1 aliphatic heterocycles. The van der Waals surface area contributed by atoms with Gasteiger partial charge >= 0.3 is 0 Å². The molecule has 1 saturated heterocycles. The number of nitrogens with zero attached hydrogens (tertiary/aromatic N) is 4. The monoisotopic (exact) mass is 438 g/mol. The van der Waals surface area contributed by atoms with Crippen LogP contribution >= 0.6 is 0 Å². The van der Waals surface area contributed by atoms with E-state index in [-0.39, 0.29) is 17.7 Å². The first kappa shape index (κ1) is 21.3. The zero-order valence-electron chi connectivity index (χ0n) is 17.7. The van der Waals surface area contributed by atoms with E-state index in [0.29, 0.717) is 47.1 Å². The number of benzene rings is 2. The molecule has 0 radical (unpaired) electrons. The van der Waals surface area contributed by atoms with Gasteiger partial charge in [0.05, 0.1) is 22.9 Å². The summed E-state index contributed by atoms with van der Waals surface area (Å²) in [6, 6.07) is 9.26. The van der Waals surface area contributed by atoms with E-state index in [2.05, 4.69) is 9.97 Å². The number of non-ortho nitro benzene ring substituents is 1. The highest BCUT2D eigenvalue weighted by atomic mass is 16.6. The standard InChI is InChI=1S/C22H22N4O6/c1-14(27)25-9-7-17(8-10-25)31-21-12-19-18(11-20(21)30-2)22(24-13-23-19)32-16-5-3-15(4-6-16)26(28)29/h3-6,11-13,17H,7-10H2,1-2H3. The number of nitro benzene ring substituents is 1. The van der Waals surface area contributed by atoms with Gasteiger partial charge in [-0.15, -0.1) is 0 Å². The summed E-state index contributed by atoms with van der Waals surface area (Å²) < 4.78 is 17.5. The highest BCUT2D eigenvalue weighted by Crippen LogP contribution is 2.37. The number of carbonyl (C=O) groups excluding carboxylic acids is 1. The summed E-state index contributed by atoms with van der Waals surface area (Å²) in [7, 11) is 1.55. The highest BCUT2D eigenvalue weighted by molar-refractivity contribution is 5.87. The van der Waals surface area contributed by atoms with Gasteiger partial charge in [-0.25, -0.2) is 9.97 Å². The molecule has 1 fully saturated rings. The number of hydrogen-bond acceptors (Lipinski definition) is 8. The van der Waals surface area contributed by atoms with Gasteiger partial charge in [0.1, 0.15) is 18.2 Å². The fraction of sp³-hybridized carbons (Fsp3) is 0.318. The Morgan fingerprint density at radius 2 is 1.84 bits per heavy atom. The van der Waals surface area contributed by atoms with Crippen LogP contribution in [0.25, 0.3) is 10.9 Å². The number of nitro groups is 1. The molecule has 166 valence electrons. The molecular formula is C22H22N4O6. The topological polar surface area (TPSA) is 117 Å². The number of likely N-dealkylation sites (tertiary alicyclic amines) is 1. The molecular weight excluding hydrogens is 416 g/mol. The lowest BCUT2D eigenvalue weighted by molar-refractivity contribution is -0.384. The van der Waals surface area contributed by atoms with Crippen molar-refractivity contribution in [3.63, 3.8) is 0 Å². The van der Waals surface area contributed by atoms with Gasteiger partial charge in [0.2, 0.25) is 11.8 Å². The number of carbonyl (C=O) groups is 1. The first-order valence-electron chi connectivity index (χ1n) is 10.1. The normalized spacial score (nSPS) is 14.2. The van der Waals surface area contributed by atoms with Crippen LogP contribution in [0, 0.1) is 10.1 Å². The van der Waals surface area contributed by atoms with Crippen molar-refractivity contribution >= 4 is 22.5 Å². The molecule has 0 bridgehead atoms. The Kier molecular flexibility index (Phi) is 6.02. The van der Waals surface area contributed by atoms with E-state index >= 15 is 0 Å². The van der Waals surface area contributed by atoms with Crippen LogP contribution in [0.1, 0.15) is 19.8 Å². The Hall–Kier alpha value is -3.95. The second-order valence-electron chi connectivity index (χ2n) is 7.38. The average Bonchev–Trinajstić information content (AvgIpc) is 2.79. The largest absolute Gasteiger partial charge is 0.493 e. The van der Waals surface area contributed by atoms with Crippen LogP contribution in [0.2, 0.25) is 0 Å². The van der Waals surface area contributed by atoms with Crippen molar-refractivity contribution in [2.24, 2.45) is 0 Å². The number of amides is 1. The van der Waals surface area contributed by atoms with Crippen LogP contribution in [0.5, 0.6) is 23.1 Å². The van der Waals surface area contributed by atoms with Gasteiger partial charge in [0, 0.05) is 51.1 Å². The molecule has 0 spiro atoms. The maximum absolute atomic E-state index is 11.5. The number of methoxy groups -OCH3 is 1. The summed E-state index contributed by atoms with van der Waals surface area (Å²) >= 11 is 0. The van der Waals surface area contributed by atoms with E-state index in [1.165, 1.54) is 30.6 Å². The van der Waals surface area contributed by atoms with E-state index in [1.807, 2.05) is 4.90 Å². The van der Waals surface area contributed by atoms with E-state index in [1.54, 1.807) is 26.2 Å². The molecule has 2 heterocycles. The molecule has 2 aromatic carbocycles. The van der Waals surface area contributed by atoms with Crippen LogP contribution in [0.4, 0.5) is 5.69 Å². The third-order valence-electron chi connectivity index (χ3n) is 5.33. The molecule has 10 nitrogen and oxygen atoms in total. The van der Waals surface area contributed by atoms with Crippen LogP contribution < -0.4 is 14.2 Å². The molecule has 1 aliphatic rings. The van der Waals surface area contributed by atoms with Gasteiger partial charge in [0.25, 0.3) is 5.69 Å². The van der Waals surface area contributed by atoms with Gasteiger partial charge in [-0.3, -0.25) is 14.9 Å². The van der Waals surface area contributed by atoms with E-state index in [9.17, 15) is 14.9 Å². The summed E-state index contributed by atoms with van der Waals surface area (Å²) in [5.74, 6) is 1.84. The van der Waals surface area contributed by atoms with Gasteiger partial charge < -0.3 is 19.1 Å². The average molecular weight is 438 g/mol. The number of ether oxygens (including phenoxy) is 3. The maximum atomic E-state index is 11.5. The Morgan fingerprint density at radius 3 is 2.47 bits per heavy atom. The van der Waals surface area contributed by atoms with Gasteiger partial charge in [0.15, 0.2) is 11.5 Å². The molecule has 4 rings (SSSR count). The predicted octanol–water partition coefficient (Wildman–Crippen LogP) is 3.73. The van der Waals surface area contributed by atoms with Gasteiger partial charge in [-0.05, 0) is 18.2 Å². The van der Waals surface area contributed by atoms with E-state index in [4.69, 9.17) is 14.2 Å². The third kappa shape index (κ3) is 4.53. The van der Waals surface area contributed by atoms with Crippen molar-refractivity contribution < 1.29 is 23.9 Å². The lowest BCUT2D eigenvalue weighted by Crippen LogP contribution is -2.40. The van der Waals surface area contributed by atoms with Crippen molar-refractivity contribution in [1.29, 1.82) is 0 Å². The second kappa shape index (κ2) is 9.04. The first-order valence-corrected chi connectivity index (χ1v) is 10.1. The highest BCUT2D eigenvalue weighted by Gasteiger charge is 2.23. The van der Waals surface area contributed by atoms with Gasteiger partial charge in [-0.2, -0.15) is 0 Å². The second-order valence-corrected chi connectivity index (χ2v) is 7.38. The summed E-state index contributed by atoms with van der Waals surface area (Å²) in [6.45, 7) is 2.89. The predicted molar refractivity (Wildman–Crippen MR) is 115 cm³/mol. The van der Waals surface area contributed by atoms with Gasteiger partial charge in [-0.1, -0.05) is 0 Å². The fourth-order valence-electron chi connectivity index (χ4n) is 3.59. The molecule has 32 heavy (non-hydrogen) atoms. The number of fused-ring (bicyclic) bond motifs is 1. The van der Waals surface area contributed by atoms with Crippen molar-refractivity contribution in [1.82, 2.24) is 14.9 Å². The molecule has 10 heteroatoms. The van der Waals surface area contributed by atoms with Crippen LogP contribution in [-0.2, 0) is 4.79 Å². The number of aromatic nitrogens is 2. The van der Waals surface area contributed by atoms with Crippen molar-refractivity contribution in [2.75, 3.05) is 20.2 Å². The lowest BCUT2D eigenvalue weighted by atomic mass is 10.1. The minimum absolute atomic E-state index is 0.0255. The maximum Gasteiger partial charge on any atom is 0.269 e. The molecule has 0 saturated carbocycles. The molecule has 0 N–H and O–H groups in total. The number of hydrogen-bond donors (Lipinski definition) is 0. The molecule has 1 aromatic heterocycles. The molecule has 3 aromatic rings. The van der Waals surface area contributed by atoms with Crippen molar-refractivity contribution in [3.05, 3.63) is 52.8 Å². The number of rotatable bonds is 6.